The largest absolute Gasteiger partial charge is 0.381 e. The molecule has 0 amide bonds. The average Bonchev–Trinajstić information content (AvgIpc) is 2.41. The van der Waals surface area contributed by atoms with Gasteiger partial charge in [0.05, 0.1) is 6.20 Å². The molecule has 1 aliphatic rings. The molecule has 0 spiro atoms. The van der Waals surface area contributed by atoms with Crippen molar-refractivity contribution in [1.82, 2.24) is 9.97 Å². The van der Waals surface area contributed by atoms with Crippen molar-refractivity contribution in [2.24, 2.45) is 5.41 Å². The smallest absolute Gasteiger partial charge is 0.224 e. The second-order valence-corrected chi connectivity index (χ2v) is 5.60. The lowest BCUT2D eigenvalue weighted by molar-refractivity contribution is 0.0300. The van der Waals surface area contributed by atoms with Gasteiger partial charge in [0.25, 0.3) is 0 Å². The van der Waals surface area contributed by atoms with E-state index in [0.717, 1.165) is 39.1 Å². The van der Waals surface area contributed by atoms with Crippen LogP contribution < -0.4 is 10.6 Å². The lowest BCUT2D eigenvalue weighted by atomic mass is 9.82. The third-order valence-electron chi connectivity index (χ3n) is 3.46. The molecule has 1 fully saturated rings. The highest BCUT2D eigenvalue weighted by Crippen LogP contribution is 2.30. The third kappa shape index (κ3) is 3.94. The molecule has 106 valence electrons. The lowest BCUT2D eigenvalue weighted by Gasteiger charge is -2.33. The Bertz CT molecular complexity index is 421. The van der Waals surface area contributed by atoms with Crippen molar-refractivity contribution in [3.05, 3.63) is 11.2 Å². The van der Waals surface area contributed by atoms with Crippen LogP contribution in [0.4, 0.5) is 11.8 Å². The second-order valence-electron chi connectivity index (χ2n) is 5.20. The van der Waals surface area contributed by atoms with E-state index >= 15 is 0 Å². The van der Waals surface area contributed by atoms with Crippen LogP contribution >= 0.6 is 11.6 Å². The first-order chi connectivity index (χ1) is 9.13. The minimum Gasteiger partial charge on any atom is -0.381 e. The zero-order valence-corrected chi connectivity index (χ0v) is 12.3. The first-order valence-corrected chi connectivity index (χ1v) is 7.09. The number of nitrogens with zero attached hydrogens (tertiary/aromatic N) is 2. The van der Waals surface area contributed by atoms with Crippen molar-refractivity contribution in [1.29, 1.82) is 0 Å². The first-order valence-electron chi connectivity index (χ1n) is 6.71. The zero-order valence-electron chi connectivity index (χ0n) is 11.5. The number of anilines is 2. The van der Waals surface area contributed by atoms with Gasteiger partial charge in [-0.3, -0.25) is 0 Å². The summed E-state index contributed by atoms with van der Waals surface area (Å²) in [6.07, 6.45) is 3.74. The number of rotatable bonds is 5. The van der Waals surface area contributed by atoms with Crippen LogP contribution in [0, 0.1) is 5.41 Å². The quantitative estimate of drug-likeness (QED) is 0.871. The van der Waals surface area contributed by atoms with Gasteiger partial charge in [-0.1, -0.05) is 18.5 Å². The van der Waals surface area contributed by atoms with Crippen LogP contribution in [0.15, 0.2) is 6.20 Å². The molecule has 1 aromatic heterocycles. The number of ether oxygens (including phenoxy) is 1. The Morgan fingerprint density at radius 1 is 1.37 bits per heavy atom. The molecule has 2 rings (SSSR count). The van der Waals surface area contributed by atoms with Crippen molar-refractivity contribution in [2.45, 2.75) is 26.7 Å². The number of halogens is 1. The van der Waals surface area contributed by atoms with E-state index in [9.17, 15) is 0 Å². The molecule has 2 N–H and O–H groups in total. The molecule has 0 aromatic carbocycles. The van der Waals surface area contributed by atoms with Crippen molar-refractivity contribution in [2.75, 3.05) is 36.9 Å². The highest BCUT2D eigenvalue weighted by Gasteiger charge is 2.27. The van der Waals surface area contributed by atoms with Crippen molar-refractivity contribution in [3.63, 3.8) is 0 Å². The van der Waals surface area contributed by atoms with Crippen LogP contribution in [0.5, 0.6) is 0 Å². The van der Waals surface area contributed by atoms with Crippen LogP contribution in [0.1, 0.15) is 26.7 Å². The van der Waals surface area contributed by atoms with Gasteiger partial charge >= 0.3 is 0 Å². The van der Waals surface area contributed by atoms with Crippen LogP contribution in [0.3, 0.4) is 0 Å². The molecule has 1 aliphatic heterocycles. The van der Waals surface area contributed by atoms with E-state index in [1.807, 2.05) is 6.92 Å². The second kappa shape index (κ2) is 6.39. The summed E-state index contributed by atoms with van der Waals surface area (Å²) in [5.41, 5.74) is 0.241. The maximum atomic E-state index is 6.12. The van der Waals surface area contributed by atoms with E-state index in [1.165, 1.54) is 0 Å². The van der Waals surface area contributed by atoms with E-state index in [1.54, 1.807) is 6.20 Å². The first kappa shape index (κ1) is 14.3. The molecule has 0 saturated carbocycles. The fraction of sp³-hybridized carbons (Fsp3) is 0.692. The zero-order chi connectivity index (χ0) is 13.7. The van der Waals surface area contributed by atoms with Gasteiger partial charge in [-0.2, -0.15) is 4.98 Å². The number of nitrogens with one attached hydrogen (secondary N) is 2. The summed E-state index contributed by atoms with van der Waals surface area (Å²) in [5, 5.41) is 6.98. The average molecular weight is 285 g/mol. The Morgan fingerprint density at radius 2 is 2.11 bits per heavy atom. The molecule has 19 heavy (non-hydrogen) atoms. The predicted molar refractivity (Wildman–Crippen MR) is 77.9 cm³/mol. The highest BCUT2D eigenvalue weighted by atomic mass is 35.5. The van der Waals surface area contributed by atoms with Crippen LogP contribution in [-0.2, 0) is 4.74 Å². The summed E-state index contributed by atoms with van der Waals surface area (Å²) >= 11 is 6.12. The molecule has 1 saturated heterocycles. The van der Waals surface area contributed by atoms with Gasteiger partial charge in [0, 0.05) is 26.3 Å². The SMILES string of the molecule is CCNc1ncc(Cl)c(NCC2(C)CCOCC2)n1. The third-order valence-corrected chi connectivity index (χ3v) is 3.74. The molecule has 0 aliphatic carbocycles. The van der Waals surface area contributed by atoms with E-state index in [0.29, 0.717) is 16.8 Å². The molecular weight excluding hydrogens is 264 g/mol. The molecule has 0 bridgehead atoms. The molecule has 1 aromatic rings. The van der Waals surface area contributed by atoms with E-state index in [-0.39, 0.29) is 5.41 Å². The monoisotopic (exact) mass is 284 g/mol. The fourth-order valence-electron chi connectivity index (χ4n) is 2.07. The maximum absolute atomic E-state index is 6.12. The summed E-state index contributed by atoms with van der Waals surface area (Å²) in [6.45, 7) is 7.57. The van der Waals surface area contributed by atoms with Gasteiger partial charge in [-0.25, -0.2) is 4.98 Å². The standard InChI is InChI=1S/C13H21ClN4O/c1-3-15-12-16-8-10(14)11(18-12)17-9-13(2)4-6-19-7-5-13/h8H,3-7,9H2,1-2H3,(H2,15,16,17,18). The fourth-order valence-corrected chi connectivity index (χ4v) is 2.23. The Hall–Kier alpha value is -1.07. The van der Waals surface area contributed by atoms with Crippen LogP contribution in [0.2, 0.25) is 5.02 Å². The predicted octanol–water partition coefficient (Wildman–Crippen LogP) is 2.79. The van der Waals surface area contributed by atoms with Gasteiger partial charge in [0.15, 0.2) is 5.82 Å². The van der Waals surface area contributed by atoms with Gasteiger partial charge in [0.2, 0.25) is 5.95 Å². The molecular formula is C13H21ClN4O. The Labute approximate surface area is 119 Å². The van der Waals surface area contributed by atoms with Crippen molar-refractivity contribution in [3.8, 4) is 0 Å². The lowest BCUT2D eigenvalue weighted by Crippen LogP contribution is -2.33. The minimum absolute atomic E-state index is 0.241. The van der Waals surface area contributed by atoms with Crippen molar-refractivity contribution >= 4 is 23.4 Å². The molecule has 0 unspecified atom stereocenters. The van der Waals surface area contributed by atoms with Crippen molar-refractivity contribution < 1.29 is 4.74 Å². The number of aromatic nitrogens is 2. The normalized spacial score (nSPS) is 18.1. The Kier molecular flexibility index (Phi) is 4.82. The minimum atomic E-state index is 0.241. The van der Waals surface area contributed by atoms with Gasteiger partial charge in [0.1, 0.15) is 5.02 Å². The van der Waals surface area contributed by atoms with E-state index in [2.05, 4.69) is 27.5 Å². The van der Waals surface area contributed by atoms with Crippen LogP contribution in [0.25, 0.3) is 0 Å². The molecule has 5 nitrogen and oxygen atoms in total. The molecule has 2 heterocycles. The van der Waals surface area contributed by atoms with Gasteiger partial charge in [-0.05, 0) is 25.2 Å². The van der Waals surface area contributed by atoms with Crippen LogP contribution in [-0.4, -0.2) is 36.3 Å². The summed E-state index contributed by atoms with van der Waals surface area (Å²) in [4.78, 5) is 8.51. The maximum Gasteiger partial charge on any atom is 0.224 e. The summed E-state index contributed by atoms with van der Waals surface area (Å²) in [6, 6.07) is 0. The summed E-state index contributed by atoms with van der Waals surface area (Å²) < 4.78 is 5.40. The van der Waals surface area contributed by atoms with Gasteiger partial charge in [-0.15, -0.1) is 0 Å². The topological polar surface area (TPSA) is 59.1 Å². The number of hydrogen-bond donors (Lipinski definition) is 2. The van der Waals surface area contributed by atoms with Gasteiger partial charge < -0.3 is 15.4 Å². The summed E-state index contributed by atoms with van der Waals surface area (Å²) in [5.74, 6) is 1.30. The molecule has 0 radical (unpaired) electrons. The molecule has 0 atom stereocenters. The highest BCUT2D eigenvalue weighted by molar-refractivity contribution is 6.32. The Balaban J connectivity index is 1.99. The number of hydrogen-bond acceptors (Lipinski definition) is 5. The molecule has 6 heteroatoms. The summed E-state index contributed by atoms with van der Waals surface area (Å²) in [7, 11) is 0. The van der Waals surface area contributed by atoms with E-state index in [4.69, 9.17) is 16.3 Å². The van der Waals surface area contributed by atoms with E-state index < -0.39 is 0 Å². The Morgan fingerprint density at radius 3 is 2.79 bits per heavy atom.